The van der Waals surface area contributed by atoms with Crippen LogP contribution in [0.3, 0.4) is 0 Å². The number of amides is 1. The molecule has 0 aliphatic rings. The number of allylic oxidation sites excluding steroid dienone is 3. The third-order valence-corrected chi connectivity index (χ3v) is 2.42. The molecule has 0 aliphatic carbocycles. The summed E-state index contributed by atoms with van der Waals surface area (Å²) >= 11 is 0. The van der Waals surface area contributed by atoms with Crippen LogP contribution < -0.4 is 0 Å². The molecule has 0 fully saturated rings. The Morgan fingerprint density at radius 2 is 1.67 bits per heavy atom. The first-order valence-electron chi connectivity index (χ1n) is 7.95. The van der Waals surface area contributed by atoms with E-state index < -0.39 is 0 Å². The smallest absolute Gasteiger partial charge is 0.223 e. The fourth-order valence-electron chi connectivity index (χ4n) is 1.33. The van der Waals surface area contributed by atoms with E-state index in [9.17, 15) is 4.79 Å². The summed E-state index contributed by atoms with van der Waals surface area (Å²) in [5.41, 5.74) is 1.63. The van der Waals surface area contributed by atoms with Gasteiger partial charge in [0.25, 0.3) is 0 Å². The van der Waals surface area contributed by atoms with Crippen molar-refractivity contribution in [2.24, 2.45) is 0 Å². The second-order valence-corrected chi connectivity index (χ2v) is 3.99. The molecular formula is C18H35NO2. The van der Waals surface area contributed by atoms with Gasteiger partial charge in [0.1, 0.15) is 0 Å². The van der Waals surface area contributed by atoms with Crippen molar-refractivity contribution in [3.05, 3.63) is 36.1 Å². The summed E-state index contributed by atoms with van der Waals surface area (Å²) in [6.45, 7) is 17.9. The molecule has 0 bridgehead atoms. The molecule has 3 heteroatoms. The third kappa shape index (κ3) is 13.4. The molecule has 0 spiro atoms. The van der Waals surface area contributed by atoms with E-state index in [1.165, 1.54) is 0 Å². The minimum absolute atomic E-state index is 0.0136. The summed E-state index contributed by atoms with van der Waals surface area (Å²) in [4.78, 5) is 13.2. The van der Waals surface area contributed by atoms with Crippen molar-refractivity contribution in [1.29, 1.82) is 0 Å². The van der Waals surface area contributed by atoms with Gasteiger partial charge in [0.15, 0.2) is 0 Å². The lowest BCUT2D eigenvalue weighted by atomic mass is 10.2. The number of aliphatic hydroxyl groups is 1. The second kappa shape index (κ2) is 18.7. The van der Waals surface area contributed by atoms with Crippen molar-refractivity contribution in [1.82, 2.24) is 4.90 Å². The van der Waals surface area contributed by atoms with Gasteiger partial charge in [-0.15, -0.1) is 0 Å². The topological polar surface area (TPSA) is 40.5 Å². The highest BCUT2D eigenvalue weighted by Crippen LogP contribution is 2.09. The second-order valence-electron chi connectivity index (χ2n) is 3.99. The average molecular weight is 297 g/mol. The molecule has 1 N–H and O–H groups in total. The molecule has 0 saturated carbocycles. The number of carbonyl (C=O) groups is 1. The van der Waals surface area contributed by atoms with Crippen molar-refractivity contribution in [3.8, 4) is 0 Å². The Labute approximate surface area is 132 Å². The Morgan fingerprint density at radius 1 is 1.14 bits per heavy atom. The van der Waals surface area contributed by atoms with E-state index in [1.807, 2.05) is 40.7 Å². The number of aliphatic hydroxyl groups excluding tert-OH is 1. The van der Waals surface area contributed by atoms with E-state index in [1.54, 1.807) is 24.0 Å². The first-order valence-corrected chi connectivity index (χ1v) is 7.95. The Balaban J connectivity index is -0.000000739. The maximum Gasteiger partial charge on any atom is 0.223 e. The SMILES string of the molecule is C=C/C(=C\C=C(/C)CO)N(CCCC)C(C)=O.CC.CC. The van der Waals surface area contributed by atoms with E-state index in [2.05, 4.69) is 13.5 Å². The third-order valence-electron chi connectivity index (χ3n) is 2.42. The van der Waals surface area contributed by atoms with Gasteiger partial charge in [0.05, 0.1) is 6.61 Å². The van der Waals surface area contributed by atoms with Crippen LogP contribution in [-0.4, -0.2) is 29.1 Å². The van der Waals surface area contributed by atoms with Gasteiger partial charge < -0.3 is 10.0 Å². The number of nitrogens with zero attached hydrogens (tertiary/aromatic N) is 1. The van der Waals surface area contributed by atoms with Crippen LogP contribution in [0.4, 0.5) is 0 Å². The molecule has 21 heavy (non-hydrogen) atoms. The molecule has 0 aromatic carbocycles. The molecule has 0 radical (unpaired) electrons. The number of rotatable bonds is 7. The molecular weight excluding hydrogens is 262 g/mol. The van der Waals surface area contributed by atoms with Crippen LogP contribution in [0.1, 0.15) is 61.3 Å². The summed E-state index contributed by atoms with van der Waals surface area (Å²) in [7, 11) is 0. The minimum Gasteiger partial charge on any atom is -0.392 e. The predicted octanol–water partition coefficient (Wildman–Crippen LogP) is 4.70. The molecule has 1 amide bonds. The standard InChI is InChI=1S/C14H23NO2.2C2H6/c1-5-7-10-15(13(4)17)14(6-2)9-8-12(3)11-16;2*1-2/h6,8-9,16H,2,5,7,10-11H2,1,3-4H3;2*1-2H3/b12-8+,14-9+;;. The zero-order valence-electron chi connectivity index (χ0n) is 15.1. The molecule has 0 saturated heterocycles. The number of carbonyl (C=O) groups excluding carboxylic acids is 1. The monoisotopic (exact) mass is 297 g/mol. The number of hydrogen-bond donors (Lipinski definition) is 1. The summed E-state index contributed by atoms with van der Waals surface area (Å²) in [6.07, 6.45) is 7.29. The molecule has 0 rings (SSSR count). The molecule has 124 valence electrons. The fourth-order valence-corrected chi connectivity index (χ4v) is 1.33. The van der Waals surface area contributed by atoms with Crippen molar-refractivity contribution in [2.75, 3.05) is 13.2 Å². The molecule has 0 aromatic heterocycles. The van der Waals surface area contributed by atoms with Crippen LogP contribution in [0.2, 0.25) is 0 Å². The van der Waals surface area contributed by atoms with Gasteiger partial charge in [0, 0.05) is 19.2 Å². The summed E-state index contributed by atoms with van der Waals surface area (Å²) < 4.78 is 0. The maximum atomic E-state index is 11.5. The minimum atomic E-state index is 0.0136. The van der Waals surface area contributed by atoms with Gasteiger partial charge in [-0.1, -0.05) is 53.7 Å². The predicted molar refractivity (Wildman–Crippen MR) is 94.1 cm³/mol. The Bertz CT molecular complexity index is 317. The van der Waals surface area contributed by atoms with Crippen molar-refractivity contribution >= 4 is 5.91 Å². The number of hydrogen-bond acceptors (Lipinski definition) is 2. The van der Waals surface area contributed by atoms with Crippen molar-refractivity contribution in [2.45, 2.75) is 61.3 Å². The fraction of sp³-hybridized carbons (Fsp3) is 0.611. The van der Waals surface area contributed by atoms with Crippen molar-refractivity contribution < 1.29 is 9.90 Å². The lowest BCUT2D eigenvalue weighted by Crippen LogP contribution is -2.28. The summed E-state index contributed by atoms with van der Waals surface area (Å²) in [5.74, 6) is 0.0136. The molecule has 0 aromatic rings. The van der Waals surface area contributed by atoms with Crippen LogP contribution in [0.25, 0.3) is 0 Å². The van der Waals surface area contributed by atoms with E-state index in [0.29, 0.717) is 6.54 Å². The van der Waals surface area contributed by atoms with Crippen LogP contribution >= 0.6 is 0 Å². The van der Waals surface area contributed by atoms with Crippen LogP contribution in [0, 0.1) is 0 Å². The van der Waals surface area contributed by atoms with Crippen molar-refractivity contribution in [3.63, 3.8) is 0 Å². The zero-order valence-corrected chi connectivity index (χ0v) is 15.1. The van der Waals surface area contributed by atoms with Gasteiger partial charge >= 0.3 is 0 Å². The van der Waals surface area contributed by atoms with Gasteiger partial charge in [-0.2, -0.15) is 0 Å². The highest BCUT2D eigenvalue weighted by Gasteiger charge is 2.10. The normalized spacial score (nSPS) is 10.7. The van der Waals surface area contributed by atoms with E-state index in [-0.39, 0.29) is 12.5 Å². The number of unbranched alkanes of at least 4 members (excludes halogenated alkanes) is 1. The summed E-state index contributed by atoms with van der Waals surface area (Å²) in [5, 5.41) is 8.91. The van der Waals surface area contributed by atoms with Crippen LogP contribution in [0.15, 0.2) is 36.1 Å². The van der Waals surface area contributed by atoms with Crippen LogP contribution in [0.5, 0.6) is 0 Å². The van der Waals surface area contributed by atoms with Gasteiger partial charge in [-0.25, -0.2) is 0 Å². The quantitative estimate of drug-likeness (QED) is 0.692. The molecule has 3 nitrogen and oxygen atoms in total. The lowest BCUT2D eigenvalue weighted by molar-refractivity contribution is -0.126. The lowest BCUT2D eigenvalue weighted by Gasteiger charge is -2.21. The van der Waals surface area contributed by atoms with Gasteiger partial charge in [-0.3, -0.25) is 4.79 Å². The Kier molecular flexibility index (Phi) is 21.9. The summed E-state index contributed by atoms with van der Waals surface area (Å²) in [6, 6.07) is 0. The average Bonchev–Trinajstić information content (AvgIpc) is 2.53. The van der Waals surface area contributed by atoms with Crippen LogP contribution in [-0.2, 0) is 4.79 Å². The van der Waals surface area contributed by atoms with Gasteiger partial charge in [-0.05, 0) is 31.1 Å². The first kappa shape index (κ1) is 24.7. The zero-order chi connectivity index (χ0) is 17.3. The maximum absolute atomic E-state index is 11.5. The highest BCUT2D eigenvalue weighted by molar-refractivity contribution is 5.76. The molecule has 0 heterocycles. The van der Waals surface area contributed by atoms with E-state index in [0.717, 1.165) is 24.1 Å². The molecule has 0 aliphatic heterocycles. The molecule has 0 unspecified atom stereocenters. The van der Waals surface area contributed by atoms with Gasteiger partial charge in [0.2, 0.25) is 5.91 Å². The van der Waals surface area contributed by atoms with E-state index in [4.69, 9.17) is 5.11 Å². The first-order chi connectivity index (χ1) is 10.1. The molecule has 0 atom stereocenters. The largest absolute Gasteiger partial charge is 0.392 e. The van der Waals surface area contributed by atoms with E-state index >= 15 is 0 Å². The Hall–Kier alpha value is -1.35. The highest BCUT2D eigenvalue weighted by atomic mass is 16.3. The Morgan fingerprint density at radius 3 is 2.00 bits per heavy atom.